The molecule has 0 aliphatic carbocycles. The smallest absolute Gasteiger partial charge is 0.321 e. The SMILES string of the molecule is Cc1ccc(S(=O)(=O)N2CCC[C@@H](C(=O)NCc3cccc(NC(=O)N4CCCC4)c3)C2)s1. The molecule has 2 aliphatic rings. The molecule has 2 fully saturated rings. The van der Waals surface area contributed by atoms with Crippen molar-refractivity contribution >= 4 is 39.0 Å². The van der Waals surface area contributed by atoms with Crippen molar-refractivity contribution in [2.45, 2.75) is 43.4 Å². The minimum absolute atomic E-state index is 0.0990. The monoisotopic (exact) mass is 490 g/mol. The predicted molar refractivity (Wildman–Crippen MR) is 129 cm³/mol. The summed E-state index contributed by atoms with van der Waals surface area (Å²) in [4.78, 5) is 27.9. The van der Waals surface area contributed by atoms with Crippen molar-refractivity contribution in [3.8, 4) is 0 Å². The van der Waals surface area contributed by atoms with Gasteiger partial charge in [0.15, 0.2) is 0 Å². The van der Waals surface area contributed by atoms with Gasteiger partial charge in [-0.1, -0.05) is 12.1 Å². The summed E-state index contributed by atoms with van der Waals surface area (Å²) in [5.41, 5.74) is 1.57. The summed E-state index contributed by atoms with van der Waals surface area (Å²) in [7, 11) is -3.57. The molecule has 2 aromatic rings. The first-order chi connectivity index (χ1) is 15.8. The van der Waals surface area contributed by atoms with Gasteiger partial charge < -0.3 is 15.5 Å². The molecule has 10 heteroatoms. The van der Waals surface area contributed by atoms with Crippen LogP contribution in [0.2, 0.25) is 0 Å². The third-order valence-electron chi connectivity index (χ3n) is 6.10. The number of sulfonamides is 1. The van der Waals surface area contributed by atoms with Gasteiger partial charge in [0.25, 0.3) is 10.0 Å². The van der Waals surface area contributed by atoms with Crippen LogP contribution in [0, 0.1) is 12.8 Å². The van der Waals surface area contributed by atoms with E-state index in [0.29, 0.717) is 35.8 Å². The Morgan fingerprint density at radius 1 is 1.09 bits per heavy atom. The van der Waals surface area contributed by atoms with E-state index in [-0.39, 0.29) is 24.4 Å². The topological polar surface area (TPSA) is 98.8 Å². The van der Waals surface area contributed by atoms with Crippen molar-refractivity contribution in [2.75, 3.05) is 31.5 Å². The second-order valence-electron chi connectivity index (χ2n) is 8.61. The Morgan fingerprint density at radius 3 is 2.61 bits per heavy atom. The Bertz CT molecular complexity index is 1110. The fourth-order valence-corrected chi connectivity index (χ4v) is 7.23. The summed E-state index contributed by atoms with van der Waals surface area (Å²) < 4.78 is 27.6. The zero-order chi connectivity index (χ0) is 23.4. The number of benzene rings is 1. The molecule has 0 bridgehead atoms. The molecular formula is C23H30N4O4S2. The number of thiophene rings is 1. The van der Waals surface area contributed by atoms with Crippen LogP contribution in [0.15, 0.2) is 40.6 Å². The zero-order valence-electron chi connectivity index (χ0n) is 18.7. The molecule has 1 aromatic carbocycles. The highest BCUT2D eigenvalue weighted by atomic mass is 32.2. The number of nitrogens with zero attached hydrogens (tertiary/aromatic N) is 2. The number of piperidine rings is 1. The minimum atomic E-state index is -3.57. The molecule has 2 aliphatic heterocycles. The Labute approximate surface area is 199 Å². The number of nitrogens with one attached hydrogen (secondary N) is 2. The van der Waals surface area contributed by atoms with Gasteiger partial charge in [0.2, 0.25) is 5.91 Å². The Morgan fingerprint density at radius 2 is 1.88 bits per heavy atom. The first-order valence-electron chi connectivity index (χ1n) is 11.3. The van der Waals surface area contributed by atoms with E-state index in [1.165, 1.54) is 15.6 Å². The van der Waals surface area contributed by atoms with Crippen LogP contribution in [0.3, 0.4) is 0 Å². The standard InChI is InChI=1S/C23H30N4O4S2/c1-17-9-10-21(32-17)33(30,31)27-13-5-7-19(16-27)22(28)24-15-18-6-4-8-20(14-18)25-23(29)26-11-2-3-12-26/h4,6,8-10,14,19H,2-3,5,7,11-13,15-16H2,1H3,(H,24,28)(H,25,29)/t19-/m1/s1. The van der Waals surface area contributed by atoms with Crippen molar-refractivity contribution in [2.24, 2.45) is 5.92 Å². The Hall–Kier alpha value is -2.43. The fourth-order valence-electron chi connectivity index (χ4n) is 4.27. The van der Waals surface area contributed by atoms with Crippen molar-refractivity contribution < 1.29 is 18.0 Å². The van der Waals surface area contributed by atoms with Gasteiger partial charge in [-0.05, 0) is 62.4 Å². The molecule has 0 unspecified atom stereocenters. The van der Waals surface area contributed by atoms with Crippen molar-refractivity contribution in [1.29, 1.82) is 0 Å². The zero-order valence-corrected chi connectivity index (χ0v) is 20.4. The van der Waals surface area contributed by atoms with Gasteiger partial charge in [-0.25, -0.2) is 13.2 Å². The third-order valence-corrected chi connectivity index (χ3v) is 9.44. The second-order valence-corrected chi connectivity index (χ2v) is 12.1. The summed E-state index contributed by atoms with van der Waals surface area (Å²) in [6.45, 7) is 4.38. The Balaban J connectivity index is 1.32. The van der Waals surface area contributed by atoms with E-state index in [4.69, 9.17) is 0 Å². The van der Waals surface area contributed by atoms with Crippen LogP contribution in [-0.4, -0.2) is 55.7 Å². The molecule has 0 radical (unpaired) electrons. The van der Waals surface area contributed by atoms with E-state index >= 15 is 0 Å². The molecule has 8 nitrogen and oxygen atoms in total. The van der Waals surface area contributed by atoms with E-state index in [0.717, 1.165) is 36.4 Å². The van der Waals surface area contributed by atoms with E-state index in [9.17, 15) is 18.0 Å². The summed E-state index contributed by atoms with van der Waals surface area (Å²) in [6, 6.07) is 10.8. The number of likely N-dealkylation sites (tertiary alicyclic amines) is 1. The molecule has 1 aromatic heterocycles. The molecule has 3 heterocycles. The molecule has 1 atom stereocenters. The number of amides is 3. The van der Waals surface area contributed by atoms with Crippen LogP contribution in [0.1, 0.15) is 36.1 Å². The van der Waals surface area contributed by atoms with Crippen LogP contribution in [0.4, 0.5) is 10.5 Å². The normalized spacial score (nSPS) is 19.4. The molecule has 2 saturated heterocycles. The quantitative estimate of drug-likeness (QED) is 0.648. The van der Waals surface area contributed by atoms with Crippen LogP contribution < -0.4 is 10.6 Å². The average Bonchev–Trinajstić information content (AvgIpc) is 3.50. The number of carbonyl (C=O) groups excluding carboxylic acids is 2. The minimum Gasteiger partial charge on any atom is -0.352 e. The lowest BCUT2D eigenvalue weighted by molar-refractivity contribution is -0.126. The summed E-state index contributed by atoms with van der Waals surface area (Å²) in [5.74, 6) is -0.531. The number of rotatable bonds is 6. The lowest BCUT2D eigenvalue weighted by atomic mass is 9.98. The summed E-state index contributed by atoms with van der Waals surface area (Å²) >= 11 is 1.26. The number of carbonyl (C=O) groups is 2. The van der Waals surface area contributed by atoms with Gasteiger partial charge in [0.1, 0.15) is 4.21 Å². The lowest BCUT2D eigenvalue weighted by Crippen LogP contribution is -2.45. The molecular weight excluding hydrogens is 460 g/mol. The van der Waals surface area contributed by atoms with E-state index < -0.39 is 10.0 Å². The second kappa shape index (κ2) is 10.2. The molecule has 4 rings (SSSR count). The maximum absolute atomic E-state index is 12.9. The molecule has 178 valence electrons. The van der Waals surface area contributed by atoms with Gasteiger partial charge in [0, 0.05) is 43.3 Å². The third kappa shape index (κ3) is 5.74. The maximum atomic E-state index is 12.9. The average molecular weight is 491 g/mol. The van der Waals surface area contributed by atoms with Crippen LogP contribution >= 0.6 is 11.3 Å². The van der Waals surface area contributed by atoms with E-state index in [1.54, 1.807) is 17.0 Å². The predicted octanol–water partition coefficient (Wildman–Crippen LogP) is 3.40. The number of urea groups is 1. The van der Waals surface area contributed by atoms with Gasteiger partial charge >= 0.3 is 6.03 Å². The Kier molecular flexibility index (Phi) is 7.35. The first-order valence-corrected chi connectivity index (χ1v) is 13.6. The highest BCUT2D eigenvalue weighted by molar-refractivity contribution is 7.91. The molecule has 3 amide bonds. The number of aryl methyl sites for hydroxylation is 1. The highest BCUT2D eigenvalue weighted by Gasteiger charge is 2.34. The molecule has 0 saturated carbocycles. The molecule has 33 heavy (non-hydrogen) atoms. The highest BCUT2D eigenvalue weighted by Crippen LogP contribution is 2.28. The van der Waals surface area contributed by atoms with Crippen LogP contribution in [0.5, 0.6) is 0 Å². The van der Waals surface area contributed by atoms with Gasteiger partial charge in [-0.3, -0.25) is 4.79 Å². The molecule has 0 spiro atoms. The largest absolute Gasteiger partial charge is 0.352 e. The fraction of sp³-hybridized carbons (Fsp3) is 0.478. The molecule has 2 N–H and O–H groups in total. The van der Waals surface area contributed by atoms with Crippen molar-refractivity contribution in [1.82, 2.24) is 14.5 Å². The van der Waals surface area contributed by atoms with Crippen molar-refractivity contribution in [3.63, 3.8) is 0 Å². The van der Waals surface area contributed by atoms with E-state index in [1.807, 2.05) is 31.2 Å². The maximum Gasteiger partial charge on any atom is 0.321 e. The van der Waals surface area contributed by atoms with Gasteiger partial charge in [0.05, 0.1) is 5.92 Å². The lowest BCUT2D eigenvalue weighted by Gasteiger charge is -2.30. The van der Waals surface area contributed by atoms with Crippen LogP contribution in [-0.2, 0) is 21.4 Å². The first kappa shape index (κ1) is 23.7. The van der Waals surface area contributed by atoms with Crippen LogP contribution in [0.25, 0.3) is 0 Å². The summed E-state index contributed by atoms with van der Waals surface area (Å²) in [6.07, 6.45) is 3.38. The van der Waals surface area contributed by atoms with Crippen molar-refractivity contribution in [3.05, 3.63) is 46.8 Å². The number of anilines is 1. The van der Waals surface area contributed by atoms with Gasteiger partial charge in [-0.15, -0.1) is 11.3 Å². The number of hydrogen-bond acceptors (Lipinski definition) is 5. The summed E-state index contributed by atoms with van der Waals surface area (Å²) in [5, 5.41) is 5.86. The number of hydrogen-bond donors (Lipinski definition) is 2. The van der Waals surface area contributed by atoms with E-state index in [2.05, 4.69) is 10.6 Å². The van der Waals surface area contributed by atoms with Gasteiger partial charge in [-0.2, -0.15) is 4.31 Å².